The van der Waals surface area contributed by atoms with Crippen molar-refractivity contribution in [3.63, 3.8) is 0 Å². The first-order valence-electron chi connectivity index (χ1n) is 27.4. The van der Waals surface area contributed by atoms with Crippen molar-refractivity contribution < 1.29 is 36.6 Å². The van der Waals surface area contributed by atoms with E-state index < -0.39 is 46.2 Å². The van der Waals surface area contributed by atoms with Crippen LogP contribution < -0.4 is 53.3 Å². The molecule has 0 bridgehead atoms. The van der Waals surface area contributed by atoms with Crippen LogP contribution in [0.1, 0.15) is 56.8 Å². The Morgan fingerprint density at radius 3 is 1.58 bits per heavy atom. The van der Waals surface area contributed by atoms with Gasteiger partial charge in [0, 0.05) is 72.1 Å². The van der Waals surface area contributed by atoms with Crippen LogP contribution >= 0.6 is 0 Å². The zero-order valence-corrected chi connectivity index (χ0v) is 47.5. The lowest BCUT2D eigenvalue weighted by Crippen LogP contribution is -2.33. The molecule has 24 heteroatoms. The van der Waals surface area contributed by atoms with E-state index in [2.05, 4.69) is 63.0 Å². The summed E-state index contributed by atoms with van der Waals surface area (Å²) in [6.45, 7) is 5.08. The molecule has 448 valence electrons. The molecule has 0 aliphatic carbocycles. The molecule has 4 aromatic heterocycles. The Balaban J connectivity index is 0.000000222. The molecule has 88 heavy (non-hydrogen) atoms. The fourth-order valence-corrected chi connectivity index (χ4v) is 8.31. The molecule has 0 spiro atoms. The van der Waals surface area contributed by atoms with Gasteiger partial charge in [-0.15, -0.1) is 0 Å². The van der Waals surface area contributed by atoms with Crippen molar-refractivity contribution in [2.24, 2.45) is 11.5 Å². The van der Waals surface area contributed by atoms with Gasteiger partial charge in [-0.25, -0.2) is 47.5 Å². The number of hydrogen-bond donors (Lipinski definition) is 6. The lowest BCUT2D eigenvalue weighted by Gasteiger charge is -2.11. The van der Waals surface area contributed by atoms with E-state index in [1.807, 2.05) is 86.6 Å². The number of para-hydroxylation sites is 2. The van der Waals surface area contributed by atoms with Crippen LogP contribution in [0.5, 0.6) is 11.5 Å². The number of aromatic nitrogens is 8. The Morgan fingerprint density at radius 2 is 1.08 bits per heavy atom. The van der Waals surface area contributed by atoms with Gasteiger partial charge in [0.2, 0.25) is 11.9 Å². The molecule has 0 atom stereocenters. The third-order valence-corrected chi connectivity index (χ3v) is 12.4. The first-order valence-corrected chi connectivity index (χ1v) is 27.4. The molecule has 0 saturated carbocycles. The van der Waals surface area contributed by atoms with Crippen molar-refractivity contribution in [2.75, 3.05) is 50.0 Å². The van der Waals surface area contributed by atoms with E-state index in [1.54, 1.807) is 36.7 Å². The second kappa shape index (κ2) is 31.1. The summed E-state index contributed by atoms with van der Waals surface area (Å²) in [7, 11) is 0. The summed E-state index contributed by atoms with van der Waals surface area (Å²) >= 11 is 0. The number of rotatable bonds is 20. The number of carbonyl (C=O) groups is 2. The molecule has 10 aromatic rings. The van der Waals surface area contributed by atoms with Gasteiger partial charge < -0.3 is 42.2 Å². The van der Waals surface area contributed by atoms with E-state index in [0.717, 1.165) is 68.1 Å². The van der Waals surface area contributed by atoms with Gasteiger partial charge in [-0.3, -0.25) is 28.3 Å². The van der Waals surface area contributed by atoms with E-state index in [1.165, 1.54) is 24.8 Å². The second-order valence-electron chi connectivity index (χ2n) is 18.6. The standard InChI is InChI=1S/C31H27F2N7O3.C31H25F2N7O3.C2H6/c2*32-25-9-8-21(14-26(25)33)18-40-19-35-17-24(30(40)42)29(41)36-11-4-5-20-13-22-16-37-31(38-23-6-2-1-3-7-23)39-28(22)27(15-20)43-12-10-34;1-2/h1-9,13-17,19H,10-12,18,34H2,(H,36,41)(H,37,38,39);1-3,6-9,13-17,19H,10-12,18,34H2,(H,36,41)(H,37,38,39);1-2H3/b5-4+;;. The molecule has 0 fully saturated rings. The molecule has 20 nitrogen and oxygen atoms in total. The Hall–Kier alpha value is -11.2. The van der Waals surface area contributed by atoms with E-state index in [0.29, 0.717) is 76.2 Å². The van der Waals surface area contributed by atoms with Crippen LogP contribution in [-0.2, 0) is 13.1 Å². The number of hydrogen-bond acceptors (Lipinski definition) is 16. The molecule has 6 aromatic carbocycles. The quantitative estimate of drug-likeness (QED) is 0.0308. The summed E-state index contributed by atoms with van der Waals surface area (Å²) in [5, 5.41) is 13.0. The second-order valence-corrected chi connectivity index (χ2v) is 18.6. The summed E-state index contributed by atoms with van der Waals surface area (Å²) in [5.41, 5.74) is 14.6. The number of carbonyl (C=O) groups excluding carboxylic acids is 2. The lowest BCUT2D eigenvalue weighted by molar-refractivity contribution is 0.0947. The first kappa shape index (κ1) is 62.9. The minimum absolute atomic E-state index is 0.0657. The van der Waals surface area contributed by atoms with Crippen molar-refractivity contribution in [2.45, 2.75) is 26.9 Å². The molecule has 4 heterocycles. The number of ether oxygens (including phenoxy) is 2. The molecular weight excluding hydrogens is 1140 g/mol. The van der Waals surface area contributed by atoms with Gasteiger partial charge in [0.1, 0.15) is 46.9 Å². The molecule has 8 N–H and O–H groups in total. The van der Waals surface area contributed by atoms with Crippen molar-refractivity contribution in [1.82, 2.24) is 49.7 Å². The number of fused-ring (bicyclic) bond motifs is 2. The average Bonchev–Trinajstić information content (AvgIpc) is 2.13. The molecule has 0 aliphatic rings. The van der Waals surface area contributed by atoms with Gasteiger partial charge in [0.05, 0.1) is 32.3 Å². The van der Waals surface area contributed by atoms with Crippen LogP contribution in [-0.4, -0.2) is 90.2 Å². The van der Waals surface area contributed by atoms with E-state index in [4.69, 9.17) is 20.9 Å². The zero-order chi connectivity index (χ0) is 62.4. The Labute approximate surface area is 501 Å². The van der Waals surface area contributed by atoms with Gasteiger partial charge >= 0.3 is 0 Å². The van der Waals surface area contributed by atoms with Crippen LogP contribution in [0.3, 0.4) is 0 Å². The van der Waals surface area contributed by atoms with Crippen molar-refractivity contribution in [3.05, 3.63) is 242 Å². The minimum Gasteiger partial charge on any atom is -0.490 e. The fraction of sp³-hybridized carbons (Fsp3) is 0.156. The van der Waals surface area contributed by atoms with E-state index in [-0.39, 0.29) is 43.9 Å². The third-order valence-electron chi connectivity index (χ3n) is 12.4. The van der Waals surface area contributed by atoms with Crippen LogP contribution in [0, 0.1) is 35.1 Å². The summed E-state index contributed by atoms with van der Waals surface area (Å²) in [4.78, 5) is 77.0. The Bertz CT molecular complexity index is 4300. The number of benzene rings is 6. The van der Waals surface area contributed by atoms with Crippen molar-refractivity contribution in [3.8, 4) is 23.3 Å². The third kappa shape index (κ3) is 17.0. The number of anilines is 4. The van der Waals surface area contributed by atoms with Crippen LogP contribution in [0.4, 0.5) is 40.8 Å². The predicted molar refractivity (Wildman–Crippen MR) is 327 cm³/mol. The van der Waals surface area contributed by atoms with Crippen LogP contribution in [0.15, 0.2) is 174 Å². The number of nitrogens with zero attached hydrogens (tertiary/aromatic N) is 8. The number of nitrogens with two attached hydrogens (primary N) is 2. The molecule has 10 rings (SSSR count). The van der Waals surface area contributed by atoms with Crippen LogP contribution in [0.25, 0.3) is 27.9 Å². The highest BCUT2D eigenvalue weighted by Gasteiger charge is 2.17. The monoisotopic (exact) mass is 1190 g/mol. The number of halogens is 4. The zero-order valence-electron chi connectivity index (χ0n) is 47.5. The summed E-state index contributed by atoms with van der Waals surface area (Å²) < 4.78 is 67.5. The first-order chi connectivity index (χ1) is 42.8. The summed E-state index contributed by atoms with van der Waals surface area (Å²) in [5.74, 6) is 2.31. The molecular formula is C64H58F4N14O6. The summed E-state index contributed by atoms with van der Waals surface area (Å²) in [6.07, 6.45) is 11.6. The van der Waals surface area contributed by atoms with Gasteiger partial charge in [0.25, 0.3) is 22.9 Å². The maximum atomic E-state index is 13.6. The highest BCUT2D eigenvalue weighted by Crippen LogP contribution is 2.29. The normalized spacial score (nSPS) is 10.7. The largest absolute Gasteiger partial charge is 0.490 e. The Kier molecular flexibility index (Phi) is 22.2. The van der Waals surface area contributed by atoms with Crippen molar-refractivity contribution in [1.29, 1.82) is 0 Å². The maximum absolute atomic E-state index is 13.6. The number of amides is 2. The van der Waals surface area contributed by atoms with Crippen molar-refractivity contribution >= 4 is 63.0 Å². The fourth-order valence-electron chi connectivity index (χ4n) is 8.31. The highest BCUT2D eigenvalue weighted by molar-refractivity contribution is 5.94. The molecule has 0 radical (unpaired) electrons. The van der Waals surface area contributed by atoms with Gasteiger partial charge in [-0.1, -0.05) is 86.4 Å². The lowest BCUT2D eigenvalue weighted by atomic mass is 10.1. The Morgan fingerprint density at radius 1 is 0.591 bits per heavy atom. The minimum atomic E-state index is -1.03. The molecule has 0 saturated heterocycles. The van der Waals surface area contributed by atoms with Gasteiger partial charge in [-0.05, 0) is 89.5 Å². The SMILES string of the molecule is CC.NCCOc1cc(/C=C/CNC(=O)c2cncn(Cc3ccc(F)c(F)c3)c2=O)cc2cnc(Nc3ccccc3)nc12.NCCOc1cc(C#CCNC(=O)c2cncn(Cc3ccc(F)c(F)c3)c2=O)cc2cnc(Nc3ccccc3)nc12. The average molecular weight is 1200 g/mol. The maximum Gasteiger partial charge on any atom is 0.266 e. The molecule has 2 amide bonds. The van der Waals surface area contributed by atoms with E-state index >= 15 is 0 Å². The van der Waals surface area contributed by atoms with Crippen LogP contribution in [0.2, 0.25) is 0 Å². The smallest absolute Gasteiger partial charge is 0.266 e. The van der Waals surface area contributed by atoms with Gasteiger partial charge in [-0.2, -0.15) is 0 Å². The number of nitrogens with one attached hydrogen (secondary N) is 4. The molecule has 0 aliphatic heterocycles. The predicted octanol–water partition coefficient (Wildman–Crippen LogP) is 8.44. The topological polar surface area (TPSA) is 274 Å². The summed E-state index contributed by atoms with van der Waals surface area (Å²) in [6, 6.07) is 32.9. The molecule has 0 unspecified atom stereocenters. The highest BCUT2D eigenvalue weighted by atomic mass is 19.2. The van der Waals surface area contributed by atoms with E-state index in [9.17, 15) is 36.7 Å². The van der Waals surface area contributed by atoms with Gasteiger partial charge in [0.15, 0.2) is 23.3 Å².